The molecule has 10 heteroatoms. The summed E-state index contributed by atoms with van der Waals surface area (Å²) in [6.45, 7) is 3.60. The van der Waals surface area contributed by atoms with Crippen LogP contribution in [-0.2, 0) is 28.9 Å². The van der Waals surface area contributed by atoms with Crippen molar-refractivity contribution < 1.29 is 8.42 Å². The van der Waals surface area contributed by atoms with Gasteiger partial charge in [0.1, 0.15) is 0 Å². The number of fused-ring (bicyclic) bond motifs is 1. The lowest BCUT2D eigenvalue weighted by Gasteiger charge is -2.11. The second-order valence-corrected chi connectivity index (χ2v) is 8.30. The van der Waals surface area contributed by atoms with E-state index in [9.17, 15) is 8.42 Å². The summed E-state index contributed by atoms with van der Waals surface area (Å²) in [4.78, 5) is 4.59. The van der Waals surface area contributed by atoms with E-state index in [0.29, 0.717) is 25.6 Å². The van der Waals surface area contributed by atoms with E-state index in [1.54, 1.807) is 6.07 Å². The van der Waals surface area contributed by atoms with E-state index in [4.69, 9.17) is 0 Å². The monoisotopic (exact) mass is 415 g/mol. The Kier molecular flexibility index (Phi) is 6.78. The minimum absolute atomic E-state index is 0.0562. The molecule has 0 amide bonds. The van der Waals surface area contributed by atoms with Gasteiger partial charge < -0.3 is 10.6 Å². The summed E-state index contributed by atoms with van der Waals surface area (Å²) in [5, 5.41) is 14.8. The van der Waals surface area contributed by atoms with E-state index in [-0.39, 0.29) is 5.75 Å². The molecule has 9 nitrogen and oxygen atoms in total. The summed E-state index contributed by atoms with van der Waals surface area (Å²) >= 11 is 0. The predicted octanol–water partition coefficient (Wildman–Crippen LogP) is 1.03. The molecular formula is C19H25N7O2S. The SMILES string of the molecule is CCNC(=NCc1cccc(CS(=O)(=O)NC)c1)NCc1nnc2ccccn12. The summed E-state index contributed by atoms with van der Waals surface area (Å²) in [6, 6.07) is 13.2. The quantitative estimate of drug-likeness (QED) is 0.374. The van der Waals surface area contributed by atoms with E-state index < -0.39 is 10.0 Å². The van der Waals surface area contributed by atoms with Crippen LogP contribution in [0.15, 0.2) is 53.7 Å². The molecule has 2 heterocycles. The number of hydrogen-bond donors (Lipinski definition) is 3. The maximum absolute atomic E-state index is 11.8. The highest BCUT2D eigenvalue weighted by Gasteiger charge is 2.09. The van der Waals surface area contributed by atoms with Crippen LogP contribution in [0.2, 0.25) is 0 Å². The van der Waals surface area contributed by atoms with Crippen molar-refractivity contribution in [1.29, 1.82) is 0 Å². The fourth-order valence-electron chi connectivity index (χ4n) is 2.80. The molecule has 154 valence electrons. The molecule has 0 saturated heterocycles. The maximum Gasteiger partial charge on any atom is 0.215 e. The highest BCUT2D eigenvalue weighted by molar-refractivity contribution is 7.88. The van der Waals surface area contributed by atoms with Crippen molar-refractivity contribution >= 4 is 21.6 Å². The van der Waals surface area contributed by atoms with Crippen LogP contribution in [0.25, 0.3) is 5.65 Å². The first-order valence-electron chi connectivity index (χ1n) is 9.30. The van der Waals surface area contributed by atoms with Crippen molar-refractivity contribution in [3.05, 3.63) is 65.6 Å². The lowest BCUT2D eigenvalue weighted by atomic mass is 10.1. The van der Waals surface area contributed by atoms with Crippen LogP contribution in [-0.4, -0.2) is 42.6 Å². The lowest BCUT2D eigenvalue weighted by molar-refractivity contribution is 0.587. The van der Waals surface area contributed by atoms with Gasteiger partial charge in [-0.1, -0.05) is 30.3 Å². The standard InChI is InChI=1S/C19H25N7O2S/c1-3-21-19(23-13-18-25-24-17-9-4-5-10-26(17)18)22-12-15-7-6-8-16(11-15)14-29(27,28)20-2/h4-11,20H,3,12-14H2,1-2H3,(H2,21,22,23). The van der Waals surface area contributed by atoms with Gasteiger partial charge >= 0.3 is 0 Å². The van der Waals surface area contributed by atoms with E-state index in [2.05, 4.69) is 30.5 Å². The normalized spacial score (nSPS) is 12.3. The Balaban J connectivity index is 1.67. The Morgan fingerprint density at radius 2 is 1.93 bits per heavy atom. The van der Waals surface area contributed by atoms with E-state index in [1.807, 2.05) is 53.9 Å². The largest absolute Gasteiger partial charge is 0.357 e. The Bertz CT molecular complexity index is 1090. The number of sulfonamides is 1. The lowest BCUT2D eigenvalue weighted by Crippen LogP contribution is -2.37. The number of hydrogen-bond acceptors (Lipinski definition) is 5. The molecule has 0 aliphatic heterocycles. The first-order chi connectivity index (χ1) is 14.0. The highest BCUT2D eigenvalue weighted by atomic mass is 32.2. The van der Waals surface area contributed by atoms with Crippen molar-refractivity contribution in [2.45, 2.75) is 25.8 Å². The molecule has 3 aromatic rings. The number of pyridine rings is 1. The second kappa shape index (κ2) is 9.48. The van der Waals surface area contributed by atoms with Gasteiger partial charge in [-0.25, -0.2) is 18.1 Å². The van der Waals surface area contributed by atoms with Crippen LogP contribution in [0.1, 0.15) is 23.9 Å². The van der Waals surface area contributed by atoms with E-state index in [1.165, 1.54) is 7.05 Å². The Labute approximate surface area is 170 Å². The molecule has 0 fully saturated rings. The molecule has 1 aromatic carbocycles. The van der Waals surface area contributed by atoms with Crippen LogP contribution in [0.5, 0.6) is 0 Å². The van der Waals surface area contributed by atoms with Gasteiger partial charge in [0.05, 0.1) is 18.8 Å². The summed E-state index contributed by atoms with van der Waals surface area (Å²) in [5.74, 6) is 1.37. The first kappa shape index (κ1) is 20.7. The molecule has 29 heavy (non-hydrogen) atoms. The molecule has 0 aliphatic rings. The molecular weight excluding hydrogens is 390 g/mol. The van der Waals surface area contributed by atoms with Crippen molar-refractivity contribution in [2.75, 3.05) is 13.6 Å². The molecule has 3 N–H and O–H groups in total. The average Bonchev–Trinajstić information content (AvgIpc) is 3.13. The molecule has 3 rings (SSSR count). The van der Waals surface area contributed by atoms with Crippen LogP contribution in [0, 0.1) is 0 Å². The van der Waals surface area contributed by atoms with Gasteiger partial charge in [0, 0.05) is 12.7 Å². The van der Waals surface area contributed by atoms with Crippen LogP contribution in [0.3, 0.4) is 0 Å². The van der Waals surface area contributed by atoms with Gasteiger partial charge in [0.2, 0.25) is 10.0 Å². The molecule has 2 aromatic heterocycles. The van der Waals surface area contributed by atoms with E-state index in [0.717, 1.165) is 22.6 Å². The summed E-state index contributed by atoms with van der Waals surface area (Å²) < 4.78 is 27.8. The Hall–Kier alpha value is -2.98. The molecule has 0 aliphatic carbocycles. The van der Waals surface area contributed by atoms with Gasteiger partial charge in [-0.3, -0.25) is 4.40 Å². The number of nitrogens with one attached hydrogen (secondary N) is 3. The second-order valence-electron chi connectivity index (χ2n) is 6.38. The fraction of sp³-hybridized carbons (Fsp3) is 0.316. The molecule has 0 atom stereocenters. The van der Waals surface area contributed by atoms with Crippen molar-refractivity contribution in [2.24, 2.45) is 4.99 Å². The van der Waals surface area contributed by atoms with Gasteiger partial charge in [-0.15, -0.1) is 10.2 Å². The van der Waals surface area contributed by atoms with Crippen LogP contribution in [0.4, 0.5) is 0 Å². The summed E-state index contributed by atoms with van der Waals surface area (Å²) in [7, 11) is -1.89. The molecule has 0 radical (unpaired) electrons. The molecule has 0 spiro atoms. The number of aliphatic imine (C=N–C) groups is 1. The maximum atomic E-state index is 11.8. The molecule has 0 saturated carbocycles. The number of aromatic nitrogens is 3. The summed E-state index contributed by atoms with van der Waals surface area (Å²) in [5.41, 5.74) is 2.44. The van der Waals surface area contributed by atoms with Gasteiger partial charge in [-0.05, 0) is 37.2 Å². The van der Waals surface area contributed by atoms with Crippen molar-refractivity contribution in [3.8, 4) is 0 Å². The zero-order chi connectivity index (χ0) is 20.7. The van der Waals surface area contributed by atoms with Gasteiger partial charge in [0.25, 0.3) is 0 Å². The Morgan fingerprint density at radius 1 is 1.10 bits per heavy atom. The Morgan fingerprint density at radius 3 is 2.72 bits per heavy atom. The summed E-state index contributed by atoms with van der Waals surface area (Å²) in [6.07, 6.45) is 1.92. The molecule has 0 unspecified atom stereocenters. The van der Waals surface area contributed by atoms with Crippen molar-refractivity contribution in [1.82, 2.24) is 30.0 Å². The van der Waals surface area contributed by atoms with Crippen LogP contribution < -0.4 is 15.4 Å². The van der Waals surface area contributed by atoms with Crippen LogP contribution >= 0.6 is 0 Å². The van der Waals surface area contributed by atoms with Crippen molar-refractivity contribution in [3.63, 3.8) is 0 Å². The van der Waals surface area contributed by atoms with E-state index >= 15 is 0 Å². The predicted molar refractivity (Wildman–Crippen MR) is 113 cm³/mol. The third-order valence-electron chi connectivity index (χ3n) is 4.22. The minimum atomic E-state index is -3.31. The fourth-order valence-corrected chi connectivity index (χ4v) is 3.56. The average molecular weight is 416 g/mol. The topological polar surface area (TPSA) is 113 Å². The van der Waals surface area contributed by atoms with Gasteiger partial charge in [-0.2, -0.15) is 0 Å². The van der Waals surface area contributed by atoms with Gasteiger partial charge in [0.15, 0.2) is 17.4 Å². The minimum Gasteiger partial charge on any atom is -0.357 e. The third kappa shape index (κ3) is 5.75. The smallest absolute Gasteiger partial charge is 0.215 e. The number of guanidine groups is 1. The highest BCUT2D eigenvalue weighted by Crippen LogP contribution is 2.10. The third-order valence-corrected chi connectivity index (χ3v) is 5.56. The zero-order valence-electron chi connectivity index (χ0n) is 16.5. The first-order valence-corrected chi connectivity index (χ1v) is 11.0. The zero-order valence-corrected chi connectivity index (χ0v) is 17.3. The number of benzene rings is 1. The molecule has 0 bridgehead atoms. The number of rotatable bonds is 8. The number of nitrogens with zero attached hydrogens (tertiary/aromatic N) is 4.